The number of rotatable bonds is 2. The van der Waals surface area contributed by atoms with E-state index in [1.807, 2.05) is 0 Å². The van der Waals surface area contributed by atoms with Crippen molar-refractivity contribution in [1.82, 2.24) is 15.2 Å². The summed E-state index contributed by atoms with van der Waals surface area (Å²) in [6.07, 6.45) is 2.70. The highest BCUT2D eigenvalue weighted by molar-refractivity contribution is 5.06. The monoisotopic (exact) mass is 208 g/mol. The van der Waals surface area contributed by atoms with Crippen LogP contribution in [0.15, 0.2) is 18.3 Å². The standard InChI is InChI=1S/C11H15FN3/c12-10-3-1-5-14-11(10)9-15-7-2-4-13-6-8-15/h1,3,5H,2,4,6-9H2. The molecule has 0 atom stereocenters. The Morgan fingerprint density at radius 1 is 1.33 bits per heavy atom. The fraction of sp³-hybridized carbons (Fsp3) is 0.545. The van der Waals surface area contributed by atoms with Gasteiger partial charge in [0.1, 0.15) is 5.82 Å². The Labute approximate surface area is 89.3 Å². The summed E-state index contributed by atoms with van der Waals surface area (Å²) >= 11 is 0. The number of hydrogen-bond acceptors (Lipinski definition) is 2. The summed E-state index contributed by atoms with van der Waals surface area (Å²) in [5, 5.41) is 4.33. The highest BCUT2D eigenvalue weighted by atomic mass is 19.1. The molecule has 0 bridgehead atoms. The highest BCUT2D eigenvalue weighted by Gasteiger charge is 2.12. The second-order valence-corrected chi connectivity index (χ2v) is 3.73. The third-order valence-corrected chi connectivity index (χ3v) is 2.57. The molecule has 0 aromatic carbocycles. The van der Waals surface area contributed by atoms with Crippen molar-refractivity contribution in [2.24, 2.45) is 0 Å². The lowest BCUT2D eigenvalue weighted by atomic mass is 10.3. The maximum atomic E-state index is 13.3. The van der Waals surface area contributed by atoms with Gasteiger partial charge in [-0.05, 0) is 25.1 Å². The number of hydrogen-bond donors (Lipinski definition) is 0. The van der Waals surface area contributed by atoms with Crippen molar-refractivity contribution >= 4 is 0 Å². The van der Waals surface area contributed by atoms with Crippen molar-refractivity contribution < 1.29 is 4.39 Å². The Balaban J connectivity index is 1.98. The largest absolute Gasteiger partial charge is 0.296 e. The van der Waals surface area contributed by atoms with Gasteiger partial charge in [0.25, 0.3) is 0 Å². The van der Waals surface area contributed by atoms with E-state index in [0.29, 0.717) is 12.2 Å². The fourth-order valence-electron chi connectivity index (χ4n) is 1.75. The van der Waals surface area contributed by atoms with Crippen molar-refractivity contribution in [2.45, 2.75) is 13.0 Å². The van der Waals surface area contributed by atoms with Gasteiger partial charge < -0.3 is 0 Å². The zero-order valence-electron chi connectivity index (χ0n) is 8.69. The first-order valence-electron chi connectivity index (χ1n) is 5.31. The Morgan fingerprint density at radius 2 is 2.27 bits per heavy atom. The van der Waals surface area contributed by atoms with Crippen molar-refractivity contribution in [2.75, 3.05) is 26.2 Å². The topological polar surface area (TPSA) is 30.2 Å². The molecule has 0 unspecified atom stereocenters. The minimum Gasteiger partial charge on any atom is -0.296 e. The molecule has 1 aromatic rings. The van der Waals surface area contributed by atoms with Crippen LogP contribution in [0, 0.1) is 5.82 Å². The van der Waals surface area contributed by atoms with Gasteiger partial charge in [0.15, 0.2) is 0 Å². The molecule has 1 radical (unpaired) electrons. The highest BCUT2D eigenvalue weighted by Crippen LogP contribution is 2.07. The third kappa shape index (κ3) is 2.97. The van der Waals surface area contributed by atoms with Crippen LogP contribution in [0.3, 0.4) is 0 Å². The van der Waals surface area contributed by atoms with Crippen molar-refractivity contribution in [3.05, 3.63) is 29.8 Å². The minimum atomic E-state index is -0.210. The molecule has 1 aliphatic heterocycles. The SMILES string of the molecule is Fc1cccnc1CN1CCC[N]CC1. The second-order valence-electron chi connectivity index (χ2n) is 3.73. The van der Waals surface area contributed by atoms with E-state index < -0.39 is 0 Å². The Kier molecular flexibility index (Phi) is 3.64. The molecule has 2 heterocycles. The predicted octanol–water partition coefficient (Wildman–Crippen LogP) is 1.03. The first-order valence-corrected chi connectivity index (χ1v) is 5.31. The van der Waals surface area contributed by atoms with Gasteiger partial charge in [0.05, 0.1) is 5.69 Å². The molecule has 0 amide bonds. The Bertz CT molecular complexity index is 308. The minimum absolute atomic E-state index is 0.210. The van der Waals surface area contributed by atoms with Crippen LogP contribution in [0.25, 0.3) is 0 Å². The molecule has 0 N–H and O–H groups in total. The van der Waals surface area contributed by atoms with E-state index in [9.17, 15) is 4.39 Å². The first-order chi connectivity index (χ1) is 7.36. The molecule has 0 saturated carbocycles. The molecule has 15 heavy (non-hydrogen) atoms. The summed E-state index contributed by atoms with van der Waals surface area (Å²) in [7, 11) is 0. The lowest BCUT2D eigenvalue weighted by Gasteiger charge is -2.18. The lowest BCUT2D eigenvalue weighted by Crippen LogP contribution is -2.27. The summed E-state index contributed by atoms with van der Waals surface area (Å²) in [5.74, 6) is -0.210. The number of nitrogens with zero attached hydrogens (tertiary/aromatic N) is 3. The predicted molar refractivity (Wildman–Crippen MR) is 56.0 cm³/mol. The van der Waals surface area contributed by atoms with Crippen LogP contribution in [0.4, 0.5) is 4.39 Å². The zero-order valence-corrected chi connectivity index (χ0v) is 8.69. The van der Waals surface area contributed by atoms with Crippen molar-refractivity contribution in [1.29, 1.82) is 0 Å². The maximum Gasteiger partial charge on any atom is 0.146 e. The Hall–Kier alpha value is -1.00. The zero-order chi connectivity index (χ0) is 10.5. The molecule has 2 rings (SSSR count). The van der Waals surface area contributed by atoms with Crippen LogP contribution in [0.1, 0.15) is 12.1 Å². The van der Waals surface area contributed by atoms with Crippen molar-refractivity contribution in [3.63, 3.8) is 0 Å². The lowest BCUT2D eigenvalue weighted by molar-refractivity contribution is 0.276. The van der Waals surface area contributed by atoms with Gasteiger partial charge >= 0.3 is 0 Å². The second kappa shape index (κ2) is 5.19. The quantitative estimate of drug-likeness (QED) is 0.726. The molecule has 4 heteroatoms. The van der Waals surface area contributed by atoms with E-state index >= 15 is 0 Å². The molecule has 1 saturated heterocycles. The van der Waals surface area contributed by atoms with Crippen LogP contribution in [0.5, 0.6) is 0 Å². The molecular formula is C11H15FN3. The van der Waals surface area contributed by atoms with E-state index in [4.69, 9.17) is 0 Å². The number of aromatic nitrogens is 1. The van der Waals surface area contributed by atoms with Gasteiger partial charge in [-0.1, -0.05) is 0 Å². The summed E-state index contributed by atoms with van der Waals surface area (Å²) in [6, 6.07) is 3.08. The molecule has 81 valence electrons. The van der Waals surface area contributed by atoms with E-state index in [2.05, 4.69) is 15.2 Å². The third-order valence-electron chi connectivity index (χ3n) is 2.57. The van der Waals surface area contributed by atoms with E-state index in [-0.39, 0.29) is 5.82 Å². The Morgan fingerprint density at radius 3 is 3.13 bits per heavy atom. The molecule has 1 fully saturated rings. The molecule has 1 aromatic heterocycles. The van der Waals surface area contributed by atoms with E-state index in [0.717, 1.165) is 32.6 Å². The molecule has 0 aliphatic carbocycles. The average Bonchev–Trinajstić information content (AvgIpc) is 2.50. The van der Waals surface area contributed by atoms with E-state index in [1.54, 1.807) is 12.3 Å². The molecule has 3 nitrogen and oxygen atoms in total. The molecular weight excluding hydrogens is 193 g/mol. The summed E-state index contributed by atoms with van der Waals surface area (Å²) in [4.78, 5) is 6.27. The van der Waals surface area contributed by atoms with Gasteiger partial charge in [0.2, 0.25) is 0 Å². The molecule has 0 spiro atoms. The number of halogens is 1. The van der Waals surface area contributed by atoms with Crippen LogP contribution < -0.4 is 5.32 Å². The first kappa shape index (κ1) is 10.5. The summed E-state index contributed by atoms with van der Waals surface area (Å²) < 4.78 is 13.3. The summed E-state index contributed by atoms with van der Waals surface area (Å²) in [5.41, 5.74) is 0.541. The van der Waals surface area contributed by atoms with Crippen LogP contribution in [0.2, 0.25) is 0 Å². The van der Waals surface area contributed by atoms with Crippen LogP contribution in [-0.2, 0) is 6.54 Å². The normalized spacial score (nSPS) is 18.7. The summed E-state index contributed by atoms with van der Waals surface area (Å²) in [6.45, 7) is 4.29. The van der Waals surface area contributed by atoms with Gasteiger partial charge in [-0.15, -0.1) is 0 Å². The van der Waals surface area contributed by atoms with E-state index in [1.165, 1.54) is 6.07 Å². The fourth-order valence-corrected chi connectivity index (χ4v) is 1.75. The van der Waals surface area contributed by atoms with Gasteiger partial charge in [-0.25, -0.2) is 9.71 Å². The number of pyridine rings is 1. The molecule has 1 aliphatic rings. The smallest absolute Gasteiger partial charge is 0.146 e. The van der Waals surface area contributed by atoms with Crippen LogP contribution in [-0.4, -0.2) is 36.1 Å². The van der Waals surface area contributed by atoms with Gasteiger partial charge in [0, 0.05) is 32.4 Å². The van der Waals surface area contributed by atoms with Crippen LogP contribution >= 0.6 is 0 Å². The average molecular weight is 208 g/mol. The van der Waals surface area contributed by atoms with Gasteiger partial charge in [-0.3, -0.25) is 9.88 Å². The maximum absolute atomic E-state index is 13.3. The van der Waals surface area contributed by atoms with Crippen molar-refractivity contribution in [3.8, 4) is 0 Å². The van der Waals surface area contributed by atoms with Gasteiger partial charge in [-0.2, -0.15) is 0 Å².